The lowest BCUT2D eigenvalue weighted by Crippen LogP contribution is -2.41. The van der Waals surface area contributed by atoms with Crippen molar-refractivity contribution < 1.29 is 28.3 Å². The Labute approximate surface area is 200 Å². The van der Waals surface area contributed by atoms with Gasteiger partial charge in [-0.1, -0.05) is 24.3 Å². The molecule has 2 aliphatic heterocycles. The highest BCUT2D eigenvalue weighted by Gasteiger charge is 2.51. The molecular formula is C26H28BNO6. The Morgan fingerprint density at radius 3 is 2.26 bits per heavy atom. The van der Waals surface area contributed by atoms with E-state index in [0.29, 0.717) is 29.7 Å². The molecule has 1 atom stereocenters. The number of rotatable bonds is 6. The lowest BCUT2D eigenvalue weighted by Gasteiger charge is -2.32. The molecule has 5 rings (SSSR count). The Bertz CT molecular complexity index is 1150. The zero-order valence-electron chi connectivity index (χ0n) is 20.0. The number of benzene rings is 2. The highest BCUT2D eigenvalue weighted by atomic mass is 16.7. The van der Waals surface area contributed by atoms with E-state index >= 15 is 0 Å². The second-order valence-electron chi connectivity index (χ2n) is 9.39. The molecule has 3 aromatic rings. The van der Waals surface area contributed by atoms with Crippen molar-refractivity contribution in [2.24, 2.45) is 0 Å². The van der Waals surface area contributed by atoms with Crippen molar-refractivity contribution in [1.29, 1.82) is 0 Å². The lowest BCUT2D eigenvalue weighted by atomic mass is 9.79. The second-order valence-corrected chi connectivity index (χ2v) is 9.39. The molecule has 8 heteroatoms. The summed E-state index contributed by atoms with van der Waals surface area (Å²) in [7, 11) is 1.17. The van der Waals surface area contributed by atoms with Crippen molar-refractivity contribution in [2.45, 2.75) is 45.0 Å². The number of aromatic nitrogens is 1. The zero-order valence-corrected chi connectivity index (χ0v) is 20.0. The molecule has 0 amide bonds. The number of fused-ring (bicyclic) bond motifs is 1. The number of hydrogen-bond acceptors (Lipinski definition) is 7. The van der Waals surface area contributed by atoms with E-state index in [4.69, 9.17) is 28.3 Å². The predicted octanol–water partition coefficient (Wildman–Crippen LogP) is 4.69. The first-order chi connectivity index (χ1) is 16.3. The molecular weight excluding hydrogens is 433 g/mol. The smallest absolute Gasteiger partial charge is 0.485 e. The van der Waals surface area contributed by atoms with Crippen molar-refractivity contribution in [2.75, 3.05) is 13.7 Å². The highest BCUT2D eigenvalue weighted by Crippen LogP contribution is 2.43. The average Bonchev–Trinajstić information content (AvgIpc) is 3.32. The summed E-state index contributed by atoms with van der Waals surface area (Å²) < 4.78 is 35.6. The number of para-hydroxylation sites is 1. The molecule has 1 fully saturated rings. The van der Waals surface area contributed by atoms with Crippen LogP contribution in [0.3, 0.4) is 0 Å². The standard InChI is InChI=1S/C26H28BNO6/c1-25(2)26(3,4)34-27(33-25)17-9-11-18(12-10-17)31-22-16-30-24-20(22)7-6-8-21(24)32-19-13-14-23(29-5)28-15-19/h6-15,22H,16H2,1-5H3. The molecule has 3 heterocycles. The fraction of sp³-hybridized carbons (Fsp3) is 0.346. The topological polar surface area (TPSA) is 68.3 Å². The molecule has 1 unspecified atom stereocenters. The maximum absolute atomic E-state index is 6.25. The number of pyridine rings is 1. The van der Waals surface area contributed by atoms with Gasteiger partial charge in [0.1, 0.15) is 18.1 Å². The van der Waals surface area contributed by atoms with Crippen LogP contribution in [-0.2, 0) is 9.31 Å². The van der Waals surface area contributed by atoms with E-state index in [2.05, 4.69) is 4.98 Å². The summed E-state index contributed by atoms with van der Waals surface area (Å²) >= 11 is 0. The maximum Gasteiger partial charge on any atom is 0.494 e. The van der Waals surface area contributed by atoms with Gasteiger partial charge in [0, 0.05) is 11.6 Å². The fourth-order valence-electron chi connectivity index (χ4n) is 3.89. The van der Waals surface area contributed by atoms with Crippen LogP contribution in [0.5, 0.6) is 28.9 Å². The van der Waals surface area contributed by atoms with E-state index in [0.717, 1.165) is 16.8 Å². The zero-order chi connectivity index (χ0) is 23.9. The third kappa shape index (κ3) is 4.19. The van der Waals surface area contributed by atoms with Gasteiger partial charge in [-0.15, -0.1) is 0 Å². The van der Waals surface area contributed by atoms with Crippen LogP contribution >= 0.6 is 0 Å². The molecule has 7 nitrogen and oxygen atoms in total. The fourth-order valence-corrected chi connectivity index (χ4v) is 3.89. The van der Waals surface area contributed by atoms with Gasteiger partial charge >= 0.3 is 7.12 Å². The van der Waals surface area contributed by atoms with Gasteiger partial charge in [-0.3, -0.25) is 0 Å². The Morgan fingerprint density at radius 1 is 0.912 bits per heavy atom. The van der Waals surface area contributed by atoms with E-state index in [1.165, 1.54) is 0 Å². The molecule has 2 aromatic carbocycles. The first-order valence-corrected chi connectivity index (χ1v) is 11.3. The van der Waals surface area contributed by atoms with Crippen LogP contribution in [0, 0.1) is 0 Å². The van der Waals surface area contributed by atoms with Gasteiger partial charge < -0.3 is 28.3 Å². The monoisotopic (exact) mass is 461 g/mol. The SMILES string of the molecule is COc1ccc(Oc2cccc3c2OCC3Oc2ccc(B3OC(C)(C)C(C)(C)O3)cc2)cn1. The Hall–Kier alpha value is -3.23. The van der Waals surface area contributed by atoms with Crippen LogP contribution in [0.1, 0.15) is 39.4 Å². The summed E-state index contributed by atoms with van der Waals surface area (Å²) in [5.41, 5.74) is 1.14. The third-order valence-electron chi connectivity index (χ3n) is 6.57. The van der Waals surface area contributed by atoms with E-state index in [9.17, 15) is 0 Å². The maximum atomic E-state index is 6.25. The van der Waals surface area contributed by atoms with Gasteiger partial charge in [0.15, 0.2) is 17.6 Å². The van der Waals surface area contributed by atoms with Crippen LogP contribution in [0.2, 0.25) is 0 Å². The molecule has 0 spiro atoms. The molecule has 1 aromatic heterocycles. The molecule has 0 radical (unpaired) electrons. The summed E-state index contributed by atoms with van der Waals surface area (Å²) in [5.74, 6) is 3.16. The van der Waals surface area contributed by atoms with E-state index in [1.807, 2.05) is 70.2 Å². The van der Waals surface area contributed by atoms with Crippen molar-refractivity contribution in [3.8, 4) is 28.9 Å². The van der Waals surface area contributed by atoms with E-state index in [-0.39, 0.29) is 17.3 Å². The minimum atomic E-state index is -0.401. The van der Waals surface area contributed by atoms with Gasteiger partial charge in [-0.05, 0) is 57.4 Å². The summed E-state index contributed by atoms with van der Waals surface area (Å²) in [6, 6.07) is 17.2. The Morgan fingerprint density at radius 2 is 1.62 bits per heavy atom. The first kappa shape index (κ1) is 22.6. The van der Waals surface area contributed by atoms with Gasteiger partial charge in [0.05, 0.1) is 24.5 Å². The Kier molecular flexibility index (Phi) is 5.66. The summed E-state index contributed by atoms with van der Waals surface area (Å²) in [5, 5.41) is 0. The minimum absolute atomic E-state index is 0.241. The van der Waals surface area contributed by atoms with Crippen molar-refractivity contribution in [3.05, 3.63) is 66.4 Å². The molecule has 34 heavy (non-hydrogen) atoms. The van der Waals surface area contributed by atoms with Crippen LogP contribution in [0.15, 0.2) is 60.8 Å². The highest BCUT2D eigenvalue weighted by molar-refractivity contribution is 6.62. The molecule has 1 saturated heterocycles. The summed E-state index contributed by atoms with van der Waals surface area (Å²) in [4.78, 5) is 4.18. The molecule has 0 saturated carbocycles. The van der Waals surface area contributed by atoms with Crippen molar-refractivity contribution in [1.82, 2.24) is 4.98 Å². The number of methoxy groups -OCH3 is 1. The first-order valence-electron chi connectivity index (χ1n) is 11.3. The molecule has 0 aliphatic carbocycles. The third-order valence-corrected chi connectivity index (χ3v) is 6.57. The number of ether oxygens (including phenoxy) is 4. The van der Waals surface area contributed by atoms with Gasteiger partial charge in [-0.2, -0.15) is 0 Å². The van der Waals surface area contributed by atoms with Crippen molar-refractivity contribution >= 4 is 12.6 Å². The van der Waals surface area contributed by atoms with Gasteiger partial charge in [-0.25, -0.2) is 4.98 Å². The predicted molar refractivity (Wildman–Crippen MR) is 128 cm³/mol. The molecule has 2 aliphatic rings. The van der Waals surface area contributed by atoms with E-state index in [1.54, 1.807) is 25.4 Å². The van der Waals surface area contributed by atoms with Crippen LogP contribution in [0.25, 0.3) is 0 Å². The molecule has 176 valence electrons. The molecule has 0 bridgehead atoms. The van der Waals surface area contributed by atoms with Crippen LogP contribution < -0.4 is 24.4 Å². The van der Waals surface area contributed by atoms with Crippen LogP contribution in [0.4, 0.5) is 0 Å². The normalized spacial score (nSPS) is 19.9. The Balaban J connectivity index is 1.28. The summed E-state index contributed by atoms with van der Waals surface area (Å²) in [6.45, 7) is 8.59. The number of hydrogen-bond donors (Lipinski definition) is 0. The average molecular weight is 461 g/mol. The summed E-state index contributed by atoms with van der Waals surface area (Å²) in [6.07, 6.45) is 1.37. The van der Waals surface area contributed by atoms with E-state index < -0.39 is 7.12 Å². The number of nitrogens with zero attached hydrogens (tertiary/aromatic N) is 1. The minimum Gasteiger partial charge on any atom is -0.485 e. The second kappa shape index (κ2) is 8.53. The van der Waals surface area contributed by atoms with Crippen LogP contribution in [-0.4, -0.2) is 37.0 Å². The van der Waals surface area contributed by atoms with Gasteiger partial charge in [0.25, 0.3) is 0 Å². The van der Waals surface area contributed by atoms with Crippen molar-refractivity contribution in [3.63, 3.8) is 0 Å². The lowest BCUT2D eigenvalue weighted by molar-refractivity contribution is 0.00578. The quantitative estimate of drug-likeness (QED) is 0.494. The molecule has 0 N–H and O–H groups in total. The van der Waals surface area contributed by atoms with Gasteiger partial charge in [0.2, 0.25) is 5.88 Å². The largest absolute Gasteiger partial charge is 0.494 e.